The SMILES string of the molecule is CCCSc1ncc(Cl)c(C(=O)N(Cc2ccccc2Cl)C2CCS(=O)(=O)C2)n1. The number of sulfone groups is 1. The van der Waals surface area contributed by atoms with E-state index < -0.39 is 21.8 Å². The second-order valence-corrected chi connectivity index (χ2v) is 10.9. The minimum absolute atomic E-state index is 0.0546. The molecule has 0 spiro atoms. The molecule has 1 aliphatic rings. The van der Waals surface area contributed by atoms with Crippen molar-refractivity contribution in [3.05, 3.63) is 51.8 Å². The van der Waals surface area contributed by atoms with Crippen LogP contribution in [0.1, 0.15) is 35.8 Å². The number of halogens is 2. The van der Waals surface area contributed by atoms with Gasteiger partial charge in [-0.2, -0.15) is 0 Å². The molecule has 1 saturated heterocycles. The summed E-state index contributed by atoms with van der Waals surface area (Å²) in [5.74, 6) is 0.375. The second kappa shape index (κ2) is 9.64. The van der Waals surface area contributed by atoms with Gasteiger partial charge in [0.1, 0.15) is 0 Å². The topological polar surface area (TPSA) is 80.2 Å². The molecule has 6 nitrogen and oxygen atoms in total. The Labute approximate surface area is 184 Å². The van der Waals surface area contributed by atoms with Crippen molar-refractivity contribution in [3.63, 3.8) is 0 Å². The third-order valence-electron chi connectivity index (χ3n) is 4.57. The number of hydrogen-bond donors (Lipinski definition) is 0. The predicted molar refractivity (Wildman–Crippen MR) is 116 cm³/mol. The van der Waals surface area contributed by atoms with E-state index in [9.17, 15) is 13.2 Å². The van der Waals surface area contributed by atoms with Crippen LogP contribution < -0.4 is 0 Å². The highest BCUT2D eigenvalue weighted by Crippen LogP contribution is 2.27. The van der Waals surface area contributed by atoms with Crippen molar-refractivity contribution in [1.29, 1.82) is 0 Å². The van der Waals surface area contributed by atoms with Crippen LogP contribution in [0.3, 0.4) is 0 Å². The molecule has 1 unspecified atom stereocenters. The van der Waals surface area contributed by atoms with Gasteiger partial charge in [-0.25, -0.2) is 18.4 Å². The van der Waals surface area contributed by atoms with E-state index in [1.807, 2.05) is 19.1 Å². The minimum atomic E-state index is -3.19. The largest absolute Gasteiger partial charge is 0.329 e. The van der Waals surface area contributed by atoms with Gasteiger partial charge in [0.05, 0.1) is 22.7 Å². The molecule has 3 rings (SSSR count). The Morgan fingerprint density at radius 3 is 2.69 bits per heavy atom. The molecule has 2 aromatic rings. The van der Waals surface area contributed by atoms with E-state index in [1.165, 1.54) is 22.9 Å². The van der Waals surface area contributed by atoms with Gasteiger partial charge >= 0.3 is 0 Å². The number of carbonyl (C=O) groups is 1. The third-order valence-corrected chi connectivity index (χ3v) is 8.03. The summed E-state index contributed by atoms with van der Waals surface area (Å²) in [6.45, 7) is 2.22. The van der Waals surface area contributed by atoms with Crippen LogP contribution in [0.5, 0.6) is 0 Å². The molecule has 0 aliphatic carbocycles. The molecule has 156 valence electrons. The monoisotopic (exact) mass is 473 g/mol. The van der Waals surface area contributed by atoms with Crippen LogP contribution in [0.2, 0.25) is 10.0 Å². The Bertz CT molecular complexity index is 1000. The van der Waals surface area contributed by atoms with Crippen molar-refractivity contribution in [1.82, 2.24) is 14.9 Å². The first kappa shape index (κ1) is 22.3. The number of nitrogens with zero attached hydrogens (tertiary/aromatic N) is 3. The predicted octanol–water partition coefficient (Wildman–Crippen LogP) is 4.12. The van der Waals surface area contributed by atoms with Crippen molar-refractivity contribution >= 4 is 50.7 Å². The lowest BCUT2D eigenvalue weighted by molar-refractivity contribution is 0.0674. The normalized spacial score (nSPS) is 18.0. The Morgan fingerprint density at radius 1 is 1.28 bits per heavy atom. The summed E-state index contributed by atoms with van der Waals surface area (Å²) >= 11 is 14.0. The fraction of sp³-hybridized carbons (Fsp3) is 0.421. The Morgan fingerprint density at radius 2 is 2.03 bits per heavy atom. The quantitative estimate of drug-likeness (QED) is 0.444. The Kier molecular flexibility index (Phi) is 7.42. The molecule has 0 saturated carbocycles. The van der Waals surface area contributed by atoms with Gasteiger partial charge in [-0.15, -0.1) is 0 Å². The lowest BCUT2D eigenvalue weighted by Crippen LogP contribution is -2.41. The van der Waals surface area contributed by atoms with E-state index >= 15 is 0 Å². The highest BCUT2D eigenvalue weighted by molar-refractivity contribution is 7.99. The molecule has 0 N–H and O–H groups in total. The summed E-state index contributed by atoms with van der Waals surface area (Å²) < 4.78 is 24.1. The second-order valence-electron chi connectivity index (χ2n) is 6.78. The van der Waals surface area contributed by atoms with Crippen molar-refractivity contribution in [2.45, 2.75) is 37.5 Å². The van der Waals surface area contributed by atoms with Gasteiger partial charge in [0, 0.05) is 23.4 Å². The first-order valence-electron chi connectivity index (χ1n) is 9.21. The van der Waals surface area contributed by atoms with Gasteiger partial charge in [-0.1, -0.05) is 60.1 Å². The maximum Gasteiger partial charge on any atom is 0.274 e. The maximum atomic E-state index is 13.4. The van der Waals surface area contributed by atoms with Gasteiger partial charge in [-0.05, 0) is 24.5 Å². The molecule has 2 heterocycles. The standard InChI is InChI=1S/C19H21Cl2N3O3S2/c1-2-8-28-19-22-10-16(21)17(23-19)18(25)24(14-7-9-29(26,27)12-14)11-13-5-3-4-6-15(13)20/h3-6,10,14H,2,7-9,11-12H2,1H3. The van der Waals surface area contributed by atoms with Gasteiger partial charge in [-0.3, -0.25) is 4.79 Å². The van der Waals surface area contributed by atoms with E-state index in [4.69, 9.17) is 23.2 Å². The molecule has 1 aromatic heterocycles. The Hall–Kier alpha value is -1.35. The zero-order valence-electron chi connectivity index (χ0n) is 15.8. The molecule has 0 bridgehead atoms. The molecular formula is C19H21Cl2N3O3S2. The van der Waals surface area contributed by atoms with Crippen molar-refractivity contribution in [2.24, 2.45) is 0 Å². The fourth-order valence-corrected chi connectivity index (χ4v) is 5.87. The van der Waals surface area contributed by atoms with Crippen LogP contribution in [-0.4, -0.2) is 52.5 Å². The zero-order chi connectivity index (χ0) is 21.0. The van der Waals surface area contributed by atoms with Crippen molar-refractivity contribution in [3.8, 4) is 0 Å². The highest BCUT2D eigenvalue weighted by atomic mass is 35.5. The number of rotatable bonds is 7. The molecule has 10 heteroatoms. The third kappa shape index (κ3) is 5.63. The average molecular weight is 474 g/mol. The van der Waals surface area contributed by atoms with Gasteiger partial charge < -0.3 is 4.90 Å². The van der Waals surface area contributed by atoms with E-state index in [0.717, 1.165) is 17.7 Å². The molecule has 29 heavy (non-hydrogen) atoms. The van der Waals surface area contributed by atoms with Crippen LogP contribution >= 0.6 is 35.0 Å². The molecule has 1 atom stereocenters. The van der Waals surface area contributed by atoms with E-state index in [-0.39, 0.29) is 28.8 Å². The molecular weight excluding hydrogens is 453 g/mol. The van der Waals surface area contributed by atoms with Crippen molar-refractivity contribution in [2.75, 3.05) is 17.3 Å². The lowest BCUT2D eigenvalue weighted by Gasteiger charge is -2.28. The summed E-state index contributed by atoms with van der Waals surface area (Å²) in [6.07, 6.45) is 2.73. The van der Waals surface area contributed by atoms with Crippen LogP contribution in [0.15, 0.2) is 35.6 Å². The number of carbonyl (C=O) groups excluding carboxylic acids is 1. The number of thioether (sulfide) groups is 1. The average Bonchev–Trinajstić information content (AvgIpc) is 3.05. The van der Waals surface area contributed by atoms with Crippen LogP contribution in [-0.2, 0) is 16.4 Å². The molecule has 1 amide bonds. The first-order chi connectivity index (χ1) is 13.8. The Balaban J connectivity index is 1.95. The number of benzene rings is 1. The number of hydrogen-bond acceptors (Lipinski definition) is 6. The highest BCUT2D eigenvalue weighted by Gasteiger charge is 2.36. The summed E-state index contributed by atoms with van der Waals surface area (Å²) in [7, 11) is -3.19. The lowest BCUT2D eigenvalue weighted by atomic mass is 10.1. The van der Waals surface area contributed by atoms with Crippen LogP contribution in [0.25, 0.3) is 0 Å². The minimum Gasteiger partial charge on any atom is -0.329 e. The van der Waals surface area contributed by atoms with E-state index in [2.05, 4.69) is 9.97 Å². The number of amides is 1. The summed E-state index contributed by atoms with van der Waals surface area (Å²) in [5.41, 5.74) is 0.814. The zero-order valence-corrected chi connectivity index (χ0v) is 19.0. The van der Waals surface area contributed by atoms with Gasteiger partial charge in [0.2, 0.25) is 0 Å². The molecule has 0 radical (unpaired) electrons. The van der Waals surface area contributed by atoms with Gasteiger partial charge in [0.15, 0.2) is 20.7 Å². The van der Waals surface area contributed by atoms with Crippen LogP contribution in [0.4, 0.5) is 0 Å². The summed E-state index contributed by atoms with van der Waals surface area (Å²) in [4.78, 5) is 23.4. The maximum absolute atomic E-state index is 13.4. The van der Waals surface area contributed by atoms with Crippen LogP contribution in [0, 0.1) is 0 Å². The molecule has 1 fully saturated rings. The summed E-state index contributed by atoms with van der Waals surface area (Å²) in [5, 5.41) is 1.12. The molecule has 1 aliphatic heterocycles. The smallest absolute Gasteiger partial charge is 0.274 e. The fourth-order valence-electron chi connectivity index (χ4n) is 3.10. The van der Waals surface area contributed by atoms with Gasteiger partial charge in [0.25, 0.3) is 5.91 Å². The summed E-state index contributed by atoms with van der Waals surface area (Å²) in [6, 6.07) is 6.72. The van der Waals surface area contributed by atoms with E-state index in [1.54, 1.807) is 12.1 Å². The first-order valence-corrected chi connectivity index (χ1v) is 12.8. The van der Waals surface area contributed by atoms with Crippen molar-refractivity contribution < 1.29 is 13.2 Å². The molecule has 1 aromatic carbocycles. The number of aromatic nitrogens is 2. The van der Waals surface area contributed by atoms with E-state index in [0.29, 0.717) is 16.6 Å².